The molecular formula is C16H17ClFN. The lowest BCUT2D eigenvalue weighted by molar-refractivity contribution is 0.570. The highest BCUT2D eigenvalue weighted by Crippen LogP contribution is 2.19. The highest BCUT2D eigenvalue weighted by molar-refractivity contribution is 6.30. The molecule has 100 valence electrons. The van der Waals surface area contributed by atoms with Gasteiger partial charge in [-0.1, -0.05) is 41.9 Å². The summed E-state index contributed by atoms with van der Waals surface area (Å²) in [5.74, 6) is -0.377. The summed E-state index contributed by atoms with van der Waals surface area (Å²) in [5.41, 5.74) is 3.52. The summed E-state index contributed by atoms with van der Waals surface area (Å²) in [4.78, 5) is 0. The largest absolute Gasteiger partial charge is 0.306 e. The van der Waals surface area contributed by atoms with Crippen LogP contribution in [0.1, 0.15) is 29.7 Å². The zero-order chi connectivity index (χ0) is 13.8. The van der Waals surface area contributed by atoms with Crippen LogP contribution in [0.25, 0.3) is 0 Å². The molecule has 1 unspecified atom stereocenters. The third-order valence-electron chi connectivity index (χ3n) is 3.25. The molecule has 2 aromatic carbocycles. The van der Waals surface area contributed by atoms with Gasteiger partial charge in [-0.15, -0.1) is 0 Å². The summed E-state index contributed by atoms with van der Waals surface area (Å²) in [5, 5.41) is 3.59. The quantitative estimate of drug-likeness (QED) is 0.858. The average Bonchev–Trinajstić information content (AvgIpc) is 2.40. The van der Waals surface area contributed by atoms with Gasteiger partial charge in [0.2, 0.25) is 0 Å². The van der Waals surface area contributed by atoms with E-state index in [1.807, 2.05) is 12.1 Å². The van der Waals surface area contributed by atoms with Crippen LogP contribution in [0.2, 0.25) is 5.02 Å². The van der Waals surface area contributed by atoms with Gasteiger partial charge in [-0.3, -0.25) is 0 Å². The molecule has 1 nitrogen and oxygen atoms in total. The molecule has 3 heteroatoms. The first-order chi connectivity index (χ1) is 9.08. The molecule has 1 N–H and O–H groups in total. The highest BCUT2D eigenvalue weighted by atomic mass is 35.5. The smallest absolute Gasteiger partial charge is 0.141 e. The molecule has 0 aromatic heterocycles. The van der Waals surface area contributed by atoms with Crippen molar-refractivity contribution in [3.05, 3.63) is 70.0 Å². The molecule has 0 bridgehead atoms. The van der Waals surface area contributed by atoms with Crippen molar-refractivity contribution in [3.8, 4) is 0 Å². The molecule has 0 fully saturated rings. The number of aryl methyl sites for hydroxylation is 1. The molecule has 2 aromatic rings. The van der Waals surface area contributed by atoms with Gasteiger partial charge in [-0.25, -0.2) is 4.39 Å². The van der Waals surface area contributed by atoms with Crippen LogP contribution in [0.4, 0.5) is 4.39 Å². The van der Waals surface area contributed by atoms with E-state index < -0.39 is 0 Å². The number of hydrogen-bond acceptors (Lipinski definition) is 1. The fourth-order valence-corrected chi connectivity index (χ4v) is 2.31. The zero-order valence-corrected chi connectivity index (χ0v) is 11.8. The molecule has 2 rings (SSSR count). The summed E-state index contributed by atoms with van der Waals surface area (Å²) < 4.78 is 13.1. The summed E-state index contributed by atoms with van der Waals surface area (Å²) in [7, 11) is 0. The average molecular weight is 278 g/mol. The van der Waals surface area contributed by atoms with Crippen LogP contribution in [0.15, 0.2) is 42.5 Å². The van der Waals surface area contributed by atoms with E-state index >= 15 is 0 Å². The molecule has 0 radical (unpaired) electrons. The molecule has 0 heterocycles. The SMILES string of the molecule is Cc1ccccc1C(C)NCc1ccc(F)c(Cl)c1. The lowest BCUT2D eigenvalue weighted by atomic mass is 10.0. The van der Waals surface area contributed by atoms with Gasteiger partial charge >= 0.3 is 0 Å². The van der Waals surface area contributed by atoms with E-state index in [4.69, 9.17) is 11.6 Å². The Balaban J connectivity index is 2.02. The third kappa shape index (κ3) is 3.55. The lowest BCUT2D eigenvalue weighted by Crippen LogP contribution is -2.18. The van der Waals surface area contributed by atoms with Crippen molar-refractivity contribution in [3.63, 3.8) is 0 Å². The predicted octanol–water partition coefficient (Wildman–Crippen LogP) is 4.64. The van der Waals surface area contributed by atoms with E-state index in [0.717, 1.165) is 5.56 Å². The van der Waals surface area contributed by atoms with E-state index in [1.165, 1.54) is 17.2 Å². The van der Waals surface area contributed by atoms with Gasteiger partial charge in [0.25, 0.3) is 0 Å². The lowest BCUT2D eigenvalue weighted by Gasteiger charge is -2.16. The fraction of sp³-hybridized carbons (Fsp3) is 0.250. The van der Waals surface area contributed by atoms with E-state index in [1.54, 1.807) is 12.1 Å². The van der Waals surface area contributed by atoms with Crippen LogP contribution in [-0.4, -0.2) is 0 Å². The maximum Gasteiger partial charge on any atom is 0.141 e. The van der Waals surface area contributed by atoms with Crippen molar-refractivity contribution in [2.45, 2.75) is 26.4 Å². The number of rotatable bonds is 4. The van der Waals surface area contributed by atoms with Crippen LogP contribution >= 0.6 is 11.6 Å². The second-order valence-corrected chi connectivity index (χ2v) is 5.11. The monoisotopic (exact) mass is 277 g/mol. The van der Waals surface area contributed by atoms with Crippen molar-refractivity contribution >= 4 is 11.6 Å². The van der Waals surface area contributed by atoms with Gasteiger partial charge in [0.05, 0.1) is 5.02 Å². The van der Waals surface area contributed by atoms with Gasteiger partial charge < -0.3 is 5.32 Å². The Morgan fingerprint density at radius 2 is 1.95 bits per heavy atom. The standard InChI is InChI=1S/C16H17ClFN/c1-11-5-3-4-6-14(11)12(2)19-10-13-7-8-16(18)15(17)9-13/h3-9,12,19H,10H2,1-2H3. The van der Waals surface area contributed by atoms with E-state index in [9.17, 15) is 4.39 Å². The van der Waals surface area contributed by atoms with Crippen molar-refractivity contribution < 1.29 is 4.39 Å². The normalized spacial score (nSPS) is 12.4. The molecule has 0 aliphatic carbocycles. The minimum Gasteiger partial charge on any atom is -0.306 e. The molecule has 0 amide bonds. The molecule has 1 atom stereocenters. The first kappa shape index (κ1) is 14.0. The summed E-state index contributed by atoms with van der Waals surface area (Å²) in [6.07, 6.45) is 0. The van der Waals surface area contributed by atoms with E-state index in [2.05, 4.69) is 31.3 Å². The maximum atomic E-state index is 13.1. The van der Waals surface area contributed by atoms with Crippen LogP contribution in [0.5, 0.6) is 0 Å². The third-order valence-corrected chi connectivity index (χ3v) is 3.54. The first-order valence-electron chi connectivity index (χ1n) is 6.31. The van der Waals surface area contributed by atoms with Crippen LogP contribution in [-0.2, 0) is 6.54 Å². The molecule has 0 aliphatic rings. The van der Waals surface area contributed by atoms with Crippen molar-refractivity contribution in [2.75, 3.05) is 0 Å². The van der Waals surface area contributed by atoms with E-state index in [0.29, 0.717) is 6.54 Å². The number of hydrogen-bond donors (Lipinski definition) is 1. The van der Waals surface area contributed by atoms with E-state index in [-0.39, 0.29) is 16.9 Å². The Bertz CT molecular complexity index is 568. The summed E-state index contributed by atoms with van der Waals surface area (Å²) in [6, 6.07) is 13.3. The molecule has 0 saturated carbocycles. The number of benzene rings is 2. The minimum atomic E-state index is -0.377. The summed E-state index contributed by atoms with van der Waals surface area (Å²) in [6.45, 7) is 4.88. The van der Waals surface area contributed by atoms with Crippen molar-refractivity contribution in [1.82, 2.24) is 5.32 Å². The molecular weight excluding hydrogens is 261 g/mol. The van der Waals surface area contributed by atoms with Gasteiger partial charge in [-0.05, 0) is 42.7 Å². The minimum absolute atomic E-state index is 0.169. The molecule has 0 aliphatic heterocycles. The van der Waals surface area contributed by atoms with Crippen LogP contribution in [0.3, 0.4) is 0 Å². The fourth-order valence-electron chi connectivity index (χ4n) is 2.10. The predicted molar refractivity (Wildman–Crippen MR) is 77.8 cm³/mol. The van der Waals surface area contributed by atoms with Crippen LogP contribution in [0, 0.1) is 12.7 Å². The Morgan fingerprint density at radius 1 is 1.21 bits per heavy atom. The first-order valence-corrected chi connectivity index (χ1v) is 6.68. The number of halogens is 2. The Labute approximate surface area is 118 Å². The van der Waals surface area contributed by atoms with Gasteiger partial charge in [0.1, 0.15) is 5.82 Å². The Kier molecular flexibility index (Phi) is 4.56. The second-order valence-electron chi connectivity index (χ2n) is 4.71. The summed E-state index contributed by atoms with van der Waals surface area (Å²) >= 11 is 5.77. The number of nitrogens with one attached hydrogen (secondary N) is 1. The molecule has 0 saturated heterocycles. The topological polar surface area (TPSA) is 12.0 Å². The van der Waals surface area contributed by atoms with Gasteiger partial charge in [0, 0.05) is 12.6 Å². The van der Waals surface area contributed by atoms with Gasteiger partial charge in [0.15, 0.2) is 0 Å². The molecule has 19 heavy (non-hydrogen) atoms. The van der Waals surface area contributed by atoms with Crippen molar-refractivity contribution in [1.29, 1.82) is 0 Å². The highest BCUT2D eigenvalue weighted by Gasteiger charge is 2.07. The molecule has 0 spiro atoms. The van der Waals surface area contributed by atoms with Crippen molar-refractivity contribution in [2.24, 2.45) is 0 Å². The van der Waals surface area contributed by atoms with Crippen LogP contribution < -0.4 is 5.32 Å². The Hall–Kier alpha value is -1.38. The Morgan fingerprint density at radius 3 is 2.63 bits per heavy atom. The maximum absolute atomic E-state index is 13.1. The second kappa shape index (κ2) is 6.18. The zero-order valence-electron chi connectivity index (χ0n) is 11.1. The van der Waals surface area contributed by atoms with Gasteiger partial charge in [-0.2, -0.15) is 0 Å².